The molecular formula is C12H17N3O2. The zero-order valence-electron chi connectivity index (χ0n) is 10.1. The fraction of sp³-hybridized carbons (Fsp3) is 0.333. The van der Waals surface area contributed by atoms with Crippen LogP contribution in [0.5, 0.6) is 0 Å². The van der Waals surface area contributed by atoms with E-state index in [2.05, 4.69) is 5.16 Å². The first-order valence-electron chi connectivity index (χ1n) is 5.42. The highest BCUT2D eigenvalue weighted by atomic mass is 16.4. The first-order valence-corrected chi connectivity index (χ1v) is 5.42. The molecule has 0 aliphatic rings. The Morgan fingerprint density at radius 2 is 2.24 bits per heavy atom. The van der Waals surface area contributed by atoms with E-state index in [0.717, 1.165) is 11.3 Å². The number of rotatable bonds is 4. The summed E-state index contributed by atoms with van der Waals surface area (Å²) < 4.78 is 0. The van der Waals surface area contributed by atoms with Crippen LogP contribution < -0.4 is 10.6 Å². The molecule has 0 radical (unpaired) electrons. The normalized spacial score (nSPS) is 11.3. The van der Waals surface area contributed by atoms with E-state index in [1.165, 1.54) is 0 Å². The lowest BCUT2D eigenvalue weighted by atomic mass is 10.2. The van der Waals surface area contributed by atoms with Gasteiger partial charge in [0.1, 0.15) is 5.84 Å². The maximum Gasteiger partial charge on any atom is 0.234 e. The third kappa shape index (κ3) is 3.48. The molecule has 0 saturated heterocycles. The van der Waals surface area contributed by atoms with Gasteiger partial charge < -0.3 is 15.8 Å². The highest BCUT2D eigenvalue weighted by Gasteiger charge is 2.15. The number of hydrogen-bond donors (Lipinski definition) is 2. The Bertz CT molecular complexity index is 430. The van der Waals surface area contributed by atoms with E-state index in [0.29, 0.717) is 6.54 Å². The fourth-order valence-electron chi connectivity index (χ4n) is 1.58. The summed E-state index contributed by atoms with van der Waals surface area (Å²) in [5.41, 5.74) is 7.23. The minimum Gasteiger partial charge on any atom is -0.409 e. The monoisotopic (exact) mass is 235 g/mol. The van der Waals surface area contributed by atoms with Gasteiger partial charge in [-0.2, -0.15) is 0 Å². The van der Waals surface area contributed by atoms with Gasteiger partial charge in [-0.15, -0.1) is 0 Å². The van der Waals surface area contributed by atoms with Crippen molar-refractivity contribution >= 4 is 17.4 Å². The molecule has 0 bridgehead atoms. The summed E-state index contributed by atoms with van der Waals surface area (Å²) in [5, 5.41) is 11.2. The summed E-state index contributed by atoms with van der Waals surface area (Å²) in [6.07, 6.45) is -0.0850. The van der Waals surface area contributed by atoms with E-state index in [1.54, 1.807) is 4.90 Å². The summed E-state index contributed by atoms with van der Waals surface area (Å²) >= 11 is 0. The number of nitrogens with zero attached hydrogens (tertiary/aromatic N) is 2. The third-order valence-corrected chi connectivity index (χ3v) is 2.39. The molecule has 0 aliphatic carbocycles. The van der Waals surface area contributed by atoms with Crippen LogP contribution in [0.25, 0.3) is 0 Å². The summed E-state index contributed by atoms with van der Waals surface area (Å²) in [5.74, 6) is -0.269. The molecule has 1 amide bonds. The molecule has 0 saturated carbocycles. The molecule has 5 nitrogen and oxygen atoms in total. The molecule has 0 heterocycles. The molecule has 0 unspecified atom stereocenters. The van der Waals surface area contributed by atoms with Gasteiger partial charge in [-0.25, -0.2) is 0 Å². The van der Waals surface area contributed by atoms with Crippen molar-refractivity contribution in [3.8, 4) is 0 Å². The van der Waals surface area contributed by atoms with Gasteiger partial charge in [0.05, 0.1) is 6.42 Å². The van der Waals surface area contributed by atoms with Crippen LogP contribution in [0.15, 0.2) is 29.4 Å². The average Bonchev–Trinajstić information content (AvgIpc) is 2.30. The topological polar surface area (TPSA) is 78.9 Å². The van der Waals surface area contributed by atoms with Gasteiger partial charge in [-0.05, 0) is 31.5 Å². The van der Waals surface area contributed by atoms with Gasteiger partial charge in [0.2, 0.25) is 5.91 Å². The van der Waals surface area contributed by atoms with Gasteiger partial charge in [0.15, 0.2) is 0 Å². The summed E-state index contributed by atoms with van der Waals surface area (Å²) in [6, 6.07) is 7.64. The van der Waals surface area contributed by atoms with E-state index in [4.69, 9.17) is 10.9 Å². The number of anilines is 1. The summed E-state index contributed by atoms with van der Waals surface area (Å²) in [7, 11) is 0. The largest absolute Gasteiger partial charge is 0.409 e. The Balaban J connectivity index is 2.88. The van der Waals surface area contributed by atoms with Crippen molar-refractivity contribution in [3.05, 3.63) is 29.8 Å². The van der Waals surface area contributed by atoms with Crippen LogP contribution in [0.2, 0.25) is 0 Å². The third-order valence-electron chi connectivity index (χ3n) is 2.39. The van der Waals surface area contributed by atoms with Gasteiger partial charge >= 0.3 is 0 Å². The lowest BCUT2D eigenvalue weighted by Gasteiger charge is -2.21. The second kappa shape index (κ2) is 5.89. The Labute approximate surface area is 101 Å². The van der Waals surface area contributed by atoms with Crippen LogP contribution in [-0.4, -0.2) is 23.5 Å². The van der Waals surface area contributed by atoms with Crippen LogP contribution in [0.3, 0.4) is 0 Å². The molecular weight excluding hydrogens is 218 g/mol. The van der Waals surface area contributed by atoms with Crippen LogP contribution in [0.4, 0.5) is 5.69 Å². The number of amidine groups is 1. The van der Waals surface area contributed by atoms with Gasteiger partial charge in [-0.1, -0.05) is 17.3 Å². The van der Waals surface area contributed by atoms with E-state index < -0.39 is 0 Å². The number of benzene rings is 1. The second-order valence-corrected chi connectivity index (χ2v) is 3.75. The number of oxime groups is 1. The molecule has 17 heavy (non-hydrogen) atoms. The zero-order valence-corrected chi connectivity index (χ0v) is 10.1. The molecule has 92 valence electrons. The van der Waals surface area contributed by atoms with Gasteiger partial charge in [-0.3, -0.25) is 4.79 Å². The standard InChI is InChI=1S/C12H17N3O2/c1-3-15(12(16)8-11(13)14-17)10-6-4-5-9(2)7-10/h4-7,17H,3,8H2,1-2H3,(H2,13,14). The van der Waals surface area contributed by atoms with Crippen molar-refractivity contribution in [2.45, 2.75) is 20.3 Å². The average molecular weight is 235 g/mol. The van der Waals surface area contributed by atoms with Crippen molar-refractivity contribution in [1.29, 1.82) is 0 Å². The summed E-state index contributed by atoms with van der Waals surface area (Å²) in [4.78, 5) is 13.5. The lowest BCUT2D eigenvalue weighted by Crippen LogP contribution is -2.34. The molecule has 5 heteroatoms. The van der Waals surface area contributed by atoms with Crippen molar-refractivity contribution in [3.63, 3.8) is 0 Å². The smallest absolute Gasteiger partial charge is 0.234 e. The van der Waals surface area contributed by atoms with Crippen LogP contribution in [-0.2, 0) is 4.79 Å². The van der Waals surface area contributed by atoms with Crippen molar-refractivity contribution < 1.29 is 10.0 Å². The maximum atomic E-state index is 11.9. The molecule has 0 fully saturated rings. The maximum absolute atomic E-state index is 11.9. The van der Waals surface area contributed by atoms with Crippen LogP contribution >= 0.6 is 0 Å². The molecule has 0 aliphatic heterocycles. The first-order chi connectivity index (χ1) is 8.08. The number of nitrogens with two attached hydrogens (primary N) is 1. The van der Waals surface area contributed by atoms with Gasteiger partial charge in [0, 0.05) is 12.2 Å². The molecule has 1 aromatic rings. The number of carbonyl (C=O) groups excluding carboxylic acids is 1. The highest BCUT2D eigenvalue weighted by Crippen LogP contribution is 2.16. The SMILES string of the molecule is CCN(C(=O)C/C(N)=N/O)c1cccc(C)c1. The van der Waals surface area contributed by atoms with Crippen molar-refractivity contribution in [2.24, 2.45) is 10.9 Å². The molecule has 1 rings (SSSR count). The van der Waals surface area contributed by atoms with Crippen molar-refractivity contribution in [1.82, 2.24) is 0 Å². The predicted octanol–water partition coefficient (Wildman–Crippen LogP) is 1.48. The fourth-order valence-corrected chi connectivity index (χ4v) is 1.58. The molecule has 0 atom stereocenters. The number of aryl methyl sites for hydroxylation is 1. The Hall–Kier alpha value is -2.04. The van der Waals surface area contributed by atoms with Crippen molar-refractivity contribution in [2.75, 3.05) is 11.4 Å². The minimum atomic E-state index is -0.187. The quantitative estimate of drug-likeness (QED) is 0.359. The minimum absolute atomic E-state index is 0.0823. The second-order valence-electron chi connectivity index (χ2n) is 3.75. The molecule has 0 spiro atoms. The van der Waals surface area contributed by atoms with Gasteiger partial charge in [0.25, 0.3) is 0 Å². The van der Waals surface area contributed by atoms with E-state index in [9.17, 15) is 4.79 Å². The lowest BCUT2D eigenvalue weighted by molar-refractivity contribution is -0.117. The highest BCUT2D eigenvalue weighted by molar-refractivity contribution is 6.06. The van der Waals surface area contributed by atoms with E-state index in [-0.39, 0.29) is 18.2 Å². The summed E-state index contributed by atoms with van der Waals surface area (Å²) in [6.45, 7) is 4.39. The molecule has 1 aromatic carbocycles. The Kier molecular flexibility index (Phi) is 4.51. The Morgan fingerprint density at radius 1 is 1.53 bits per heavy atom. The van der Waals surface area contributed by atoms with Crippen LogP contribution in [0, 0.1) is 6.92 Å². The number of hydrogen-bond acceptors (Lipinski definition) is 3. The van der Waals surface area contributed by atoms with E-state index in [1.807, 2.05) is 38.1 Å². The zero-order chi connectivity index (χ0) is 12.8. The predicted molar refractivity (Wildman–Crippen MR) is 67.2 cm³/mol. The Morgan fingerprint density at radius 3 is 2.76 bits per heavy atom. The first kappa shape index (κ1) is 13.0. The van der Waals surface area contributed by atoms with E-state index >= 15 is 0 Å². The number of amides is 1. The number of carbonyl (C=O) groups is 1. The van der Waals surface area contributed by atoms with Crippen LogP contribution in [0.1, 0.15) is 18.9 Å². The molecule has 0 aromatic heterocycles. The molecule has 3 N–H and O–H groups in total.